The summed E-state index contributed by atoms with van der Waals surface area (Å²) in [6, 6.07) is 0. The van der Waals surface area contributed by atoms with Crippen molar-refractivity contribution in [1.82, 2.24) is 0 Å². The zero-order chi connectivity index (χ0) is 5.41. The van der Waals surface area contributed by atoms with Crippen molar-refractivity contribution in [2.24, 2.45) is 0 Å². The molecule has 0 heterocycles. The smallest absolute Gasteiger partial charge is 0.292 e. The number of nitrogens with one attached hydrogen (secondary N) is 1. The van der Waals surface area contributed by atoms with Crippen LogP contribution < -0.4 is 0 Å². The van der Waals surface area contributed by atoms with Gasteiger partial charge in [-0.1, -0.05) is 5.59 Å². The molecule has 0 aliphatic heterocycles. The van der Waals surface area contributed by atoms with Gasteiger partial charge in [-0.05, 0) is 0 Å². The number of carbonyl (C=O) groups excluding carboxylic acids is 1. The Morgan fingerprint density at radius 2 is 1.71 bits per heavy atom. The van der Waals surface area contributed by atoms with E-state index in [4.69, 9.17) is 9.70 Å². The van der Waals surface area contributed by atoms with Gasteiger partial charge in [-0.3, -0.25) is 4.79 Å². The van der Waals surface area contributed by atoms with E-state index in [1.54, 1.807) is 0 Å². The maximum atomic E-state index is 8.95. The van der Waals surface area contributed by atoms with E-state index in [0.29, 0.717) is 6.47 Å². The van der Waals surface area contributed by atoms with Crippen LogP contribution in [0.15, 0.2) is 0 Å². The zero-order valence-corrected chi connectivity index (χ0v) is 4.53. The number of carbonyl (C=O) groups is 1. The molecule has 0 fully saturated rings. The first kappa shape index (κ1) is 16.2. The Labute approximate surface area is 47.0 Å². The Morgan fingerprint density at radius 3 is 1.71 bits per heavy atom. The molecule has 0 radical (unpaired) electrons. The van der Waals surface area contributed by atoms with Crippen LogP contribution in [0.25, 0.3) is 0 Å². The van der Waals surface area contributed by atoms with Crippen LogP contribution in [0.4, 0.5) is 0 Å². The number of methoxy groups -OCH3 is 1. The van der Waals surface area contributed by atoms with Gasteiger partial charge in [-0.15, -0.1) is 12.4 Å². The van der Waals surface area contributed by atoms with Crippen LogP contribution in [-0.2, 0) is 9.53 Å². The average molecular weight is 128 g/mol. The highest BCUT2D eigenvalue weighted by Crippen LogP contribution is 1.35. The van der Waals surface area contributed by atoms with Crippen LogP contribution >= 0.6 is 12.4 Å². The van der Waals surface area contributed by atoms with Crippen molar-refractivity contribution in [3.63, 3.8) is 0 Å². The largest absolute Gasteiger partial charge is 0.471 e. The molecule has 0 bridgehead atoms. The molecule has 0 atom stereocenters. The van der Waals surface area contributed by atoms with Crippen molar-refractivity contribution in [3.8, 4) is 0 Å². The van der Waals surface area contributed by atoms with Crippen LogP contribution in [0.5, 0.6) is 0 Å². The Hall–Kier alpha value is -0.640. The van der Waals surface area contributed by atoms with Crippen molar-refractivity contribution >= 4 is 18.9 Å². The molecule has 0 aromatic rings. The summed E-state index contributed by atoms with van der Waals surface area (Å²) in [5, 5.41) is 0. The van der Waals surface area contributed by atoms with Crippen molar-refractivity contribution in [1.29, 1.82) is 5.59 Å². The Morgan fingerprint density at radius 1 is 1.57 bits per heavy atom. The van der Waals surface area contributed by atoms with E-state index >= 15 is 0 Å². The van der Waals surface area contributed by atoms with Gasteiger partial charge in [-0.25, -0.2) is 0 Å². The quantitative estimate of drug-likeness (QED) is 0.413. The maximum Gasteiger partial charge on any atom is 0.292 e. The summed E-state index contributed by atoms with van der Waals surface area (Å²) in [6.07, 6.45) is 0. The molecule has 5 heteroatoms. The van der Waals surface area contributed by atoms with Gasteiger partial charge in [0.2, 0.25) is 0 Å². The minimum Gasteiger partial charge on any atom is -0.471 e. The van der Waals surface area contributed by atoms with Gasteiger partial charge < -0.3 is 4.74 Å². The van der Waals surface area contributed by atoms with Gasteiger partial charge >= 0.3 is 0 Å². The minimum atomic E-state index is 0. The fourth-order valence-corrected chi connectivity index (χ4v) is 0. The third-order valence-electron chi connectivity index (χ3n) is 0.0962. The molecule has 0 aliphatic rings. The molecule has 4 nitrogen and oxygen atoms in total. The van der Waals surface area contributed by atoms with Gasteiger partial charge in [0.15, 0.2) is 0 Å². The number of nitroso groups, excluding NO2 is 1. The molecule has 0 rings (SSSR count). The van der Waals surface area contributed by atoms with Crippen LogP contribution in [-0.4, -0.2) is 13.6 Å². The van der Waals surface area contributed by atoms with Gasteiger partial charge in [0.1, 0.15) is 0 Å². The van der Waals surface area contributed by atoms with Crippen LogP contribution in [0.3, 0.4) is 0 Å². The Kier molecular flexibility index (Phi) is 127. The molecule has 0 aromatic carbocycles. The molecule has 7 heavy (non-hydrogen) atoms. The Balaban J connectivity index is -0.0000000480. The van der Waals surface area contributed by atoms with Crippen molar-refractivity contribution < 1.29 is 9.53 Å². The number of hydrogen-bond donors (Lipinski definition) is 1. The molecule has 0 saturated carbocycles. The second kappa shape index (κ2) is 55.1. The minimum absolute atomic E-state index is 0. The lowest BCUT2D eigenvalue weighted by molar-refractivity contribution is -0.126. The third kappa shape index (κ3) is 467. The molecular formula is C2H6ClNO3. The maximum absolute atomic E-state index is 8.95. The summed E-state index contributed by atoms with van der Waals surface area (Å²) in [7, 11) is 1.31. The third-order valence-corrected chi connectivity index (χ3v) is 0.0962. The van der Waals surface area contributed by atoms with Crippen molar-refractivity contribution in [3.05, 3.63) is 4.91 Å². The van der Waals surface area contributed by atoms with Crippen LogP contribution in [0, 0.1) is 10.5 Å². The van der Waals surface area contributed by atoms with Gasteiger partial charge in [0.05, 0.1) is 7.11 Å². The second-order valence-electron chi connectivity index (χ2n) is 0.332. The summed E-state index contributed by atoms with van der Waals surface area (Å²) in [6.45, 7) is 0.375. The molecule has 0 spiro atoms. The zero-order valence-electron chi connectivity index (χ0n) is 3.71. The van der Waals surface area contributed by atoms with Crippen molar-refractivity contribution in [2.45, 2.75) is 0 Å². The molecule has 0 aromatic heterocycles. The van der Waals surface area contributed by atoms with E-state index in [0.717, 1.165) is 0 Å². The first-order valence-corrected chi connectivity index (χ1v) is 1.08. The highest BCUT2D eigenvalue weighted by molar-refractivity contribution is 5.85. The van der Waals surface area contributed by atoms with E-state index in [1.807, 2.05) is 0 Å². The summed E-state index contributed by atoms with van der Waals surface area (Å²) in [4.78, 5) is 16.5. The number of hydrogen-bond acceptors (Lipinski definition) is 4. The SMILES string of the molecule is COC=O.Cl.N=O. The molecule has 0 amide bonds. The van der Waals surface area contributed by atoms with Crippen molar-refractivity contribution in [2.75, 3.05) is 7.11 Å². The molecule has 0 aliphatic carbocycles. The fourth-order valence-electron chi connectivity index (χ4n) is 0. The molecular weight excluding hydrogens is 121 g/mol. The van der Waals surface area contributed by atoms with E-state index in [2.05, 4.69) is 10.3 Å². The summed E-state index contributed by atoms with van der Waals surface area (Å²) >= 11 is 0. The average Bonchev–Trinajstić information content (AvgIpc) is 1.72. The van der Waals surface area contributed by atoms with E-state index in [-0.39, 0.29) is 12.4 Å². The monoisotopic (exact) mass is 127 g/mol. The first-order valence-electron chi connectivity index (χ1n) is 1.08. The lowest BCUT2D eigenvalue weighted by Gasteiger charge is -1.67. The second-order valence-corrected chi connectivity index (χ2v) is 0.332. The summed E-state index contributed by atoms with van der Waals surface area (Å²) in [5.41, 5.74) is 4.50. The first-order chi connectivity index (χ1) is 2.91. The molecule has 0 saturated heterocycles. The lowest BCUT2D eigenvalue weighted by Crippen LogP contribution is -1.68. The molecule has 44 valence electrons. The van der Waals surface area contributed by atoms with Gasteiger partial charge in [0.25, 0.3) is 6.47 Å². The van der Waals surface area contributed by atoms with Crippen LogP contribution in [0.2, 0.25) is 0 Å². The van der Waals surface area contributed by atoms with E-state index < -0.39 is 0 Å². The predicted molar refractivity (Wildman–Crippen MR) is 26.4 cm³/mol. The standard InChI is InChI=1S/C2H4O2.ClH.HNO/c1-4-2-3;;1-2/h2H,1H3;1H;1H. The highest BCUT2D eigenvalue weighted by Gasteiger charge is 1.44. The summed E-state index contributed by atoms with van der Waals surface area (Å²) < 4.78 is 3.86. The number of ether oxygens (including phenoxy) is 1. The molecule has 0 unspecified atom stereocenters. The Bertz CT molecular complexity index is 34.1. The lowest BCUT2D eigenvalue weighted by atomic mass is 11.5. The summed E-state index contributed by atoms with van der Waals surface area (Å²) in [5.74, 6) is 0. The predicted octanol–water partition coefficient (Wildman–Crippen LogP) is 0.543. The topological polar surface area (TPSA) is 67.2 Å². The highest BCUT2D eigenvalue weighted by atomic mass is 35.5. The molecule has 1 N–H and O–H groups in total. The van der Waals surface area contributed by atoms with Gasteiger partial charge in [-0.2, -0.15) is 4.91 Å². The van der Waals surface area contributed by atoms with Gasteiger partial charge in [0, 0.05) is 0 Å². The van der Waals surface area contributed by atoms with E-state index in [9.17, 15) is 0 Å². The fraction of sp³-hybridized carbons (Fsp3) is 0.500. The normalized spacial score (nSPS) is 3.57. The van der Waals surface area contributed by atoms with Crippen LogP contribution in [0.1, 0.15) is 0 Å². The number of halogens is 1. The van der Waals surface area contributed by atoms with E-state index in [1.165, 1.54) is 7.11 Å². The number of rotatable bonds is 1.